The van der Waals surface area contributed by atoms with Crippen molar-refractivity contribution in [2.24, 2.45) is 5.92 Å². The van der Waals surface area contributed by atoms with Crippen LogP contribution in [0.2, 0.25) is 0 Å². The third-order valence-electron chi connectivity index (χ3n) is 2.14. The molecule has 86 valence electrons. The molecule has 1 fully saturated rings. The third-order valence-corrected chi connectivity index (χ3v) is 3.71. The fourth-order valence-corrected chi connectivity index (χ4v) is 2.27. The van der Waals surface area contributed by atoms with E-state index in [4.69, 9.17) is 0 Å². The van der Waals surface area contributed by atoms with E-state index < -0.39 is 10.8 Å². The Balaban J connectivity index is 1.97. The number of hydrogen-bond donors (Lipinski definition) is 1. The van der Waals surface area contributed by atoms with Crippen molar-refractivity contribution in [2.75, 3.05) is 6.54 Å². The number of nitrogens with one attached hydrogen (secondary N) is 1. The van der Waals surface area contributed by atoms with Crippen LogP contribution in [0.1, 0.15) is 39.5 Å². The summed E-state index contributed by atoms with van der Waals surface area (Å²) < 4.78 is 14.4. The Morgan fingerprint density at radius 1 is 1.53 bits per heavy atom. The Hall–Kier alpha value is -0.210. The summed E-state index contributed by atoms with van der Waals surface area (Å²) in [4.78, 5) is 0. The Bertz CT molecular complexity index is 303. The van der Waals surface area contributed by atoms with Gasteiger partial charge in [0.05, 0.1) is 0 Å². The van der Waals surface area contributed by atoms with Gasteiger partial charge in [0, 0.05) is 0 Å². The molecule has 0 unspecified atom stereocenters. The van der Waals surface area contributed by atoms with Gasteiger partial charge in [0.1, 0.15) is 0 Å². The molecule has 0 heterocycles. The second-order valence-corrected chi connectivity index (χ2v) is 5.86. The summed E-state index contributed by atoms with van der Waals surface area (Å²) in [6, 6.07) is 0. The number of allylic oxidation sites excluding steroid dienone is 1. The first-order valence-corrected chi connectivity index (χ1v) is 6.96. The molecule has 1 saturated carbocycles. The summed E-state index contributed by atoms with van der Waals surface area (Å²) in [7, 11) is -0.767. The Kier molecular flexibility index (Phi) is 6.11. The zero-order valence-electron chi connectivity index (χ0n) is 9.66. The molecule has 0 aromatic rings. The van der Waals surface area contributed by atoms with Gasteiger partial charge in [-0.3, -0.25) is 0 Å². The quantitative estimate of drug-likeness (QED) is 0.333. The van der Waals surface area contributed by atoms with Gasteiger partial charge in [0.15, 0.2) is 0 Å². The summed E-state index contributed by atoms with van der Waals surface area (Å²) in [5.74, 6) is 0.571. The molecule has 0 amide bonds. The summed E-state index contributed by atoms with van der Waals surface area (Å²) in [6.07, 6.45) is 8.44. The molecule has 0 aromatic carbocycles. The van der Waals surface area contributed by atoms with Gasteiger partial charge in [0.2, 0.25) is 0 Å². The average molecular weight is 227 g/mol. The van der Waals surface area contributed by atoms with Gasteiger partial charge < -0.3 is 0 Å². The van der Waals surface area contributed by atoms with Crippen LogP contribution in [0.25, 0.3) is 0 Å². The first-order chi connectivity index (χ1) is 7.20. The second kappa shape index (κ2) is 7.13. The van der Waals surface area contributed by atoms with Crippen LogP contribution in [-0.4, -0.2) is 11.8 Å². The van der Waals surface area contributed by atoms with E-state index in [0.29, 0.717) is 11.2 Å². The molecule has 0 radical (unpaired) electrons. The molecular weight excluding hydrogens is 206 g/mol. The molecule has 1 N–H and O–H groups in total. The molecule has 1 aliphatic carbocycles. The van der Waals surface area contributed by atoms with Crippen molar-refractivity contribution >= 4 is 10.8 Å². The molecule has 15 heavy (non-hydrogen) atoms. The molecule has 1 aliphatic rings. The van der Waals surface area contributed by atoms with Gasteiger partial charge in [-0.15, -0.1) is 0 Å². The van der Waals surface area contributed by atoms with Gasteiger partial charge in [-0.25, -0.2) is 0 Å². The molecule has 0 atom stereocenters. The minimum absolute atomic E-state index is 0.446. The SMILES string of the molecule is CC(C)C=C=CCCCN[S-](#[O+])C1CC1. The molecule has 1 rings (SSSR count). The van der Waals surface area contributed by atoms with Crippen LogP contribution in [0.3, 0.4) is 0 Å². The molecule has 0 spiro atoms. The van der Waals surface area contributed by atoms with Crippen molar-refractivity contribution in [3.05, 3.63) is 17.9 Å². The minimum atomic E-state index is -0.767. The first-order valence-electron chi connectivity index (χ1n) is 5.75. The summed E-state index contributed by atoms with van der Waals surface area (Å²) in [5, 5.41) is 0.446. The Labute approximate surface area is 95.1 Å². The van der Waals surface area contributed by atoms with Crippen LogP contribution in [-0.2, 0) is 14.9 Å². The van der Waals surface area contributed by atoms with Crippen molar-refractivity contribution in [3.63, 3.8) is 0 Å². The molecule has 0 aromatic heterocycles. The maximum atomic E-state index is 11.4. The summed E-state index contributed by atoms with van der Waals surface area (Å²) in [5.41, 5.74) is 3.15. The Morgan fingerprint density at radius 2 is 2.27 bits per heavy atom. The van der Waals surface area contributed by atoms with Gasteiger partial charge >= 0.3 is 94.7 Å². The molecule has 0 saturated heterocycles. The van der Waals surface area contributed by atoms with E-state index in [2.05, 4.69) is 36.5 Å². The fraction of sp³-hybridized carbons (Fsp3) is 0.750. The maximum absolute atomic E-state index is 11.4. The molecule has 3 heteroatoms. The fourth-order valence-electron chi connectivity index (χ4n) is 1.12. The van der Waals surface area contributed by atoms with E-state index in [1.54, 1.807) is 0 Å². The van der Waals surface area contributed by atoms with Gasteiger partial charge in [-0.1, -0.05) is 0 Å². The van der Waals surface area contributed by atoms with E-state index in [9.17, 15) is 4.04 Å². The van der Waals surface area contributed by atoms with Crippen LogP contribution < -0.4 is 4.72 Å². The molecule has 0 aliphatic heterocycles. The summed E-state index contributed by atoms with van der Waals surface area (Å²) >= 11 is 0. The zero-order valence-corrected chi connectivity index (χ0v) is 10.5. The number of hydrogen-bond acceptors (Lipinski definition) is 2. The standard InChI is InChI=1S/C12H21NOS/c1-11(2)7-5-3-4-6-10-13-15(14)12-8-9-12/h3,7,11-13H,4,6,8-10H2,1-2H3. The molecular formula is C12H21NOS. The van der Waals surface area contributed by atoms with E-state index >= 15 is 0 Å². The third kappa shape index (κ3) is 6.80. The van der Waals surface area contributed by atoms with Crippen molar-refractivity contribution in [1.82, 2.24) is 4.72 Å². The van der Waals surface area contributed by atoms with E-state index in [0.717, 1.165) is 32.2 Å². The number of unbranched alkanes of at least 4 members (excludes halogenated alkanes) is 1. The first kappa shape index (κ1) is 12.9. The average Bonchev–Trinajstić information content (AvgIpc) is 2.98. The second-order valence-electron chi connectivity index (χ2n) is 4.31. The van der Waals surface area contributed by atoms with Gasteiger partial charge in [-0.05, 0) is 0 Å². The van der Waals surface area contributed by atoms with Gasteiger partial charge in [-0.2, -0.15) is 0 Å². The van der Waals surface area contributed by atoms with Gasteiger partial charge in [0.25, 0.3) is 0 Å². The van der Waals surface area contributed by atoms with Crippen molar-refractivity contribution in [2.45, 2.75) is 44.8 Å². The van der Waals surface area contributed by atoms with Crippen molar-refractivity contribution in [1.29, 1.82) is 0 Å². The zero-order chi connectivity index (χ0) is 11.1. The molecule has 2 nitrogen and oxygen atoms in total. The van der Waals surface area contributed by atoms with Crippen LogP contribution in [0.5, 0.6) is 0 Å². The predicted molar refractivity (Wildman–Crippen MR) is 65.8 cm³/mol. The van der Waals surface area contributed by atoms with E-state index in [-0.39, 0.29) is 0 Å². The van der Waals surface area contributed by atoms with Crippen LogP contribution in [0, 0.1) is 5.92 Å². The predicted octanol–water partition coefficient (Wildman–Crippen LogP) is 2.76. The molecule has 0 bridgehead atoms. The Morgan fingerprint density at radius 3 is 2.87 bits per heavy atom. The number of rotatable bonds is 5. The van der Waals surface area contributed by atoms with Crippen LogP contribution >= 0.6 is 0 Å². The monoisotopic (exact) mass is 227 g/mol. The van der Waals surface area contributed by atoms with Crippen molar-refractivity contribution < 1.29 is 4.04 Å². The van der Waals surface area contributed by atoms with Crippen LogP contribution in [0.4, 0.5) is 0 Å². The van der Waals surface area contributed by atoms with E-state index in [1.165, 1.54) is 0 Å². The normalized spacial score (nSPS) is 15.4. The topological polar surface area (TPSA) is 31.9 Å². The van der Waals surface area contributed by atoms with Crippen LogP contribution in [0.15, 0.2) is 17.9 Å². The summed E-state index contributed by atoms with van der Waals surface area (Å²) in [6.45, 7) is 5.13. The van der Waals surface area contributed by atoms with E-state index in [1.807, 2.05) is 0 Å². The van der Waals surface area contributed by atoms with Crippen molar-refractivity contribution in [3.8, 4) is 0 Å².